The summed E-state index contributed by atoms with van der Waals surface area (Å²) in [6, 6.07) is 14.5. The number of nitrogens with zero attached hydrogens (tertiary/aromatic N) is 2. The first-order chi connectivity index (χ1) is 17.3. The number of hydrogen-bond donors (Lipinski definition) is 2. The molecule has 2 aliphatic carbocycles. The summed E-state index contributed by atoms with van der Waals surface area (Å²) in [5.41, 5.74) is 1.60. The fourth-order valence-electron chi connectivity index (χ4n) is 5.43. The van der Waals surface area contributed by atoms with Gasteiger partial charge < -0.3 is 20.3 Å². The van der Waals surface area contributed by atoms with Crippen molar-refractivity contribution >= 4 is 29.6 Å². The van der Waals surface area contributed by atoms with Crippen molar-refractivity contribution in [3.8, 4) is 0 Å². The van der Waals surface area contributed by atoms with Gasteiger partial charge in [0.05, 0.1) is 6.04 Å². The molecular weight excluding hydrogens is 460 g/mol. The van der Waals surface area contributed by atoms with Crippen molar-refractivity contribution in [3.63, 3.8) is 0 Å². The number of anilines is 1. The molecule has 2 fully saturated rings. The first-order valence-electron chi connectivity index (χ1n) is 12.4. The van der Waals surface area contributed by atoms with Gasteiger partial charge in [-0.3, -0.25) is 9.59 Å². The Morgan fingerprint density at radius 1 is 1.17 bits per heavy atom. The van der Waals surface area contributed by atoms with Crippen LogP contribution < -0.4 is 10.6 Å². The van der Waals surface area contributed by atoms with Gasteiger partial charge in [0.25, 0.3) is 5.91 Å². The summed E-state index contributed by atoms with van der Waals surface area (Å²) in [5.74, 6) is -0.769. The predicted octanol–water partition coefficient (Wildman–Crippen LogP) is 3.70. The second-order valence-electron chi connectivity index (χ2n) is 9.63. The SMILES string of the molecule is CNC(=O)Nc1ccc2c(c1)CC[C@@]21OC(=O)N(CC(=O)N(C2CCC2)[C@@H](C)c2ccccc2)C1=O. The average Bonchev–Trinajstić information content (AvgIpc) is 3.33. The molecule has 1 saturated carbocycles. The van der Waals surface area contributed by atoms with Gasteiger partial charge in [-0.2, -0.15) is 0 Å². The van der Waals surface area contributed by atoms with Gasteiger partial charge in [0, 0.05) is 30.8 Å². The van der Waals surface area contributed by atoms with Gasteiger partial charge in [-0.1, -0.05) is 36.4 Å². The van der Waals surface area contributed by atoms with E-state index in [9.17, 15) is 19.2 Å². The third kappa shape index (κ3) is 3.98. The Hall–Kier alpha value is -3.88. The Morgan fingerprint density at radius 3 is 2.58 bits per heavy atom. The van der Waals surface area contributed by atoms with E-state index in [0.717, 1.165) is 35.3 Å². The van der Waals surface area contributed by atoms with E-state index in [2.05, 4.69) is 10.6 Å². The van der Waals surface area contributed by atoms with Gasteiger partial charge in [0.15, 0.2) is 0 Å². The molecule has 2 aromatic rings. The minimum Gasteiger partial charge on any atom is -0.427 e. The van der Waals surface area contributed by atoms with Crippen LogP contribution >= 0.6 is 0 Å². The van der Waals surface area contributed by atoms with Gasteiger partial charge in [-0.15, -0.1) is 0 Å². The summed E-state index contributed by atoms with van der Waals surface area (Å²) in [5, 5.41) is 5.20. The molecule has 5 rings (SSSR count). The maximum atomic E-state index is 13.6. The number of fused-ring (bicyclic) bond motifs is 2. The van der Waals surface area contributed by atoms with Crippen LogP contribution in [0.5, 0.6) is 0 Å². The van der Waals surface area contributed by atoms with Crippen LogP contribution in [0.25, 0.3) is 0 Å². The lowest BCUT2D eigenvalue weighted by Gasteiger charge is -2.42. The minimum atomic E-state index is -1.43. The lowest BCUT2D eigenvalue weighted by atomic mass is 9.89. The maximum Gasteiger partial charge on any atom is 0.418 e. The summed E-state index contributed by atoms with van der Waals surface area (Å²) < 4.78 is 5.70. The predicted molar refractivity (Wildman–Crippen MR) is 132 cm³/mol. The number of ether oxygens (including phenoxy) is 1. The van der Waals surface area contributed by atoms with Crippen LogP contribution in [0, 0.1) is 0 Å². The number of urea groups is 1. The second kappa shape index (κ2) is 9.29. The Bertz CT molecular complexity index is 1210. The van der Waals surface area contributed by atoms with Crippen molar-refractivity contribution in [2.75, 3.05) is 18.9 Å². The van der Waals surface area contributed by atoms with E-state index in [1.807, 2.05) is 42.2 Å². The maximum absolute atomic E-state index is 13.6. The summed E-state index contributed by atoms with van der Waals surface area (Å²) in [7, 11) is 1.52. The third-order valence-corrected chi connectivity index (χ3v) is 7.59. The molecule has 9 heteroatoms. The van der Waals surface area contributed by atoms with Crippen LogP contribution in [0.4, 0.5) is 15.3 Å². The highest BCUT2D eigenvalue weighted by Gasteiger charge is 2.58. The number of carbonyl (C=O) groups is 4. The number of aryl methyl sites for hydroxylation is 1. The standard InChI is InChI=1S/C27H30N4O5/c1-17(18-7-4-3-5-8-18)31(21-9-6-10-21)23(32)16-30-24(33)27(36-26(30)35)14-13-19-15-20(11-12-22(19)27)29-25(34)28-2/h3-5,7-8,11-12,15,17,21H,6,9-10,13-14,16H2,1-2H3,(H2,28,29,34)/t17-,27+/m0/s1. The number of amides is 5. The van der Waals surface area contributed by atoms with Crippen LogP contribution in [0.1, 0.15) is 55.3 Å². The zero-order valence-electron chi connectivity index (χ0n) is 20.5. The van der Waals surface area contributed by atoms with Crippen molar-refractivity contribution in [3.05, 3.63) is 65.2 Å². The number of benzene rings is 2. The molecule has 188 valence electrons. The lowest BCUT2D eigenvalue weighted by molar-refractivity contribution is -0.145. The van der Waals surface area contributed by atoms with Crippen molar-refractivity contribution < 1.29 is 23.9 Å². The van der Waals surface area contributed by atoms with Gasteiger partial charge in [0.1, 0.15) is 6.54 Å². The van der Waals surface area contributed by atoms with Crippen LogP contribution in [-0.4, -0.2) is 53.4 Å². The molecule has 2 aromatic carbocycles. The molecule has 0 aromatic heterocycles. The molecule has 2 N–H and O–H groups in total. The van der Waals surface area contributed by atoms with Crippen LogP contribution in [0.15, 0.2) is 48.5 Å². The molecule has 1 spiro atoms. The number of hydrogen-bond acceptors (Lipinski definition) is 5. The fraction of sp³-hybridized carbons (Fsp3) is 0.407. The summed E-state index contributed by atoms with van der Waals surface area (Å²) in [6.07, 6.45) is 2.88. The monoisotopic (exact) mass is 490 g/mol. The number of carbonyl (C=O) groups excluding carboxylic acids is 4. The molecule has 1 saturated heterocycles. The van der Waals surface area contributed by atoms with E-state index in [-0.39, 0.29) is 30.6 Å². The molecule has 9 nitrogen and oxygen atoms in total. The molecule has 36 heavy (non-hydrogen) atoms. The number of imide groups is 1. The van der Waals surface area contributed by atoms with Crippen LogP contribution in [0.2, 0.25) is 0 Å². The van der Waals surface area contributed by atoms with Crippen molar-refractivity contribution in [1.29, 1.82) is 0 Å². The lowest BCUT2D eigenvalue weighted by Crippen LogP contribution is -2.50. The van der Waals surface area contributed by atoms with Gasteiger partial charge in [-0.05, 0) is 55.9 Å². The first kappa shape index (κ1) is 23.8. The van der Waals surface area contributed by atoms with E-state index in [1.54, 1.807) is 18.2 Å². The Morgan fingerprint density at radius 2 is 1.92 bits per heavy atom. The molecule has 0 radical (unpaired) electrons. The van der Waals surface area contributed by atoms with E-state index >= 15 is 0 Å². The highest BCUT2D eigenvalue weighted by Crippen LogP contribution is 2.46. The molecule has 1 heterocycles. The number of rotatable bonds is 6. The molecule has 2 atom stereocenters. The summed E-state index contributed by atoms with van der Waals surface area (Å²) >= 11 is 0. The molecule has 3 aliphatic rings. The molecule has 5 amide bonds. The average molecular weight is 491 g/mol. The summed E-state index contributed by atoms with van der Waals surface area (Å²) in [4.78, 5) is 54.5. The second-order valence-corrected chi connectivity index (χ2v) is 9.63. The fourth-order valence-corrected chi connectivity index (χ4v) is 5.43. The Kier molecular flexibility index (Phi) is 6.15. The molecular formula is C27H30N4O5. The smallest absolute Gasteiger partial charge is 0.418 e. The Labute approximate surface area is 209 Å². The third-order valence-electron chi connectivity index (χ3n) is 7.59. The van der Waals surface area contributed by atoms with E-state index < -0.39 is 17.6 Å². The van der Waals surface area contributed by atoms with E-state index in [1.165, 1.54) is 7.05 Å². The van der Waals surface area contributed by atoms with Crippen molar-refractivity contribution in [2.45, 2.75) is 56.7 Å². The van der Waals surface area contributed by atoms with E-state index in [0.29, 0.717) is 24.1 Å². The first-order valence-corrected chi connectivity index (χ1v) is 12.4. The summed E-state index contributed by atoms with van der Waals surface area (Å²) in [6.45, 7) is 1.63. The topological polar surface area (TPSA) is 108 Å². The van der Waals surface area contributed by atoms with Crippen LogP contribution in [-0.2, 0) is 26.3 Å². The zero-order chi connectivity index (χ0) is 25.4. The highest BCUT2D eigenvalue weighted by molar-refractivity contribution is 6.06. The van der Waals surface area contributed by atoms with Gasteiger partial charge >= 0.3 is 12.1 Å². The number of nitrogens with one attached hydrogen (secondary N) is 2. The van der Waals surface area contributed by atoms with Crippen molar-refractivity contribution in [1.82, 2.24) is 15.1 Å². The Balaban J connectivity index is 1.36. The van der Waals surface area contributed by atoms with Gasteiger partial charge in [0.2, 0.25) is 11.5 Å². The highest BCUT2D eigenvalue weighted by atomic mass is 16.6. The molecule has 1 aliphatic heterocycles. The molecule has 0 bridgehead atoms. The molecule has 0 unspecified atom stereocenters. The van der Waals surface area contributed by atoms with Crippen LogP contribution in [0.3, 0.4) is 0 Å². The van der Waals surface area contributed by atoms with E-state index in [4.69, 9.17) is 4.74 Å². The van der Waals surface area contributed by atoms with Gasteiger partial charge in [-0.25, -0.2) is 14.5 Å². The quantitative estimate of drug-likeness (QED) is 0.642. The largest absolute Gasteiger partial charge is 0.427 e. The van der Waals surface area contributed by atoms with Crippen molar-refractivity contribution in [2.24, 2.45) is 0 Å². The zero-order valence-corrected chi connectivity index (χ0v) is 20.5. The minimum absolute atomic E-state index is 0.0915. The normalized spacial score (nSPS) is 21.6.